The standard InChI is InChI=1S/C26H25ClN2O3/c1-32-16-20-8-5-12-28(20)26(31)23-15-22(17-6-3-2-4-7-17)25(30)29-13-11-18-9-10-19(27)14-21(18)24(23)29/h2-4,6-7,9-10,14-15,20H,5,8,11-13,16H2,1H3/t20-/m0/s1. The van der Waals surface area contributed by atoms with E-state index in [-0.39, 0.29) is 17.5 Å². The molecule has 1 saturated heterocycles. The van der Waals surface area contributed by atoms with Gasteiger partial charge >= 0.3 is 0 Å². The van der Waals surface area contributed by atoms with Crippen LogP contribution in [0.2, 0.25) is 5.02 Å². The van der Waals surface area contributed by atoms with Crippen LogP contribution in [0.25, 0.3) is 22.4 Å². The molecule has 0 unspecified atom stereocenters. The Hall–Kier alpha value is -2.89. The molecular formula is C26H25ClN2O3. The van der Waals surface area contributed by atoms with Crippen molar-refractivity contribution >= 4 is 17.5 Å². The number of amides is 1. The van der Waals surface area contributed by atoms with Gasteiger partial charge in [0.25, 0.3) is 11.5 Å². The van der Waals surface area contributed by atoms with Crippen LogP contribution in [0.4, 0.5) is 0 Å². The molecule has 1 amide bonds. The maximum atomic E-state index is 13.9. The number of hydrogen-bond donors (Lipinski definition) is 0. The Morgan fingerprint density at radius 1 is 1.09 bits per heavy atom. The summed E-state index contributed by atoms with van der Waals surface area (Å²) in [5.41, 5.74) is 4.47. The number of nitrogens with zero attached hydrogens (tertiary/aromatic N) is 2. The minimum absolute atomic E-state index is 0.0441. The maximum Gasteiger partial charge on any atom is 0.258 e. The number of hydrogen-bond acceptors (Lipinski definition) is 3. The van der Waals surface area contributed by atoms with Crippen LogP contribution < -0.4 is 5.56 Å². The Morgan fingerprint density at radius 3 is 2.69 bits per heavy atom. The van der Waals surface area contributed by atoms with Gasteiger partial charge in [-0.2, -0.15) is 0 Å². The number of methoxy groups -OCH3 is 1. The van der Waals surface area contributed by atoms with Crippen molar-refractivity contribution < 1.29 is 9.53 Å². The first-order chi connectivity index (χ1) is 15.6. The molecule has 1 aromatic heterocycles. The molecule has 0 saturated carbocycles. The average Bonchev–Trinajstić information content (AvgIpc) is 3.28. The number of halogens is 1. The zero-order valence-corrected chi connectivity index (χ0v) is 18.8. The van der Waals surface area contributed by atoms with Crippen LogP contribution in [-0.2, 0) is 17.7 Å². The van der Waals surface area contributed by atoms with Gasteiger partial charge in [0.1, 0.15) is 0 Å². The van der Waals surface area contributed by atoms with Gasteiger partial charge in [-0.25, -0.2) is 0 Å². The van der Waals surface area contributed by atoms with Gasteiger partial charge in [0.2, 0.25) is 0 Å². The van der Waals surface area contributed by atoms with Crippen molar-refractivity contribution in [2.45, 2.75) is 31.8 Å². The fourth-order valence-corrected chi connectivity index (χ4v) is 5.17. The Labute approximate surface area is 192 Å². The first-order valence-corrected chi connectivity index (χ1v) is 11.4. The van der Waals surface area contributed by atoms with E-state index < -0.39 is 0 Å². The van der Waals surface area contributed by atoms with Gasteiger partial charge in [-0.15, -0.1) is 0 Å². The van der Waals surface area contributed by atoms with E-state index in [2.05, 4.69) is 0 Å². The molecule has 6 heteroatoms. The summed E-state index contributed by atoms with van der Waals surface area (Å²) >= 11 is 6.33. The van der Waals surface area contributed by atoms with Gasteiger partial charge < -0.3 is 14.2 Å². The molecule has 5 rings (SSSR count). The Kier molecular flexibility index (Phi) is 5.62. The SMILES string of the molecule is COC[C@@H]1CCCN1C(=O)c1cc(-c2ccccc2)c(=O)n2c1-c1cc(Cl)ccc1CC2. The van der Waals surface area contributed by atoms with E-state index in [4.69, 9.17) is 16.3 Å². The smallest absolute Gasteiger partial charge is 0.258 e. The van der Waals surface area contributed by atoms with Crippen LogP contribution in [-0.4, -0.2) is 41.7 Å². The highest BCUT2D eigenvalue weighted by Gasteiger charge is 2.33. The summed E-state index contributed by atoms with van der Waals surface area (Å²) in [6.45, 7) is 1.73. The lowest BCUT2D eigenvalue weighted by molar-refractivity contribution is 0.0630. The zero-order chi connectivity index (χ0) is 22.2. The number of rotatable bonds is 4. The number of ether oxygens (including phenoxy) is 1. The Balaban J connectivity index is 1.75. The third-order valence-corrected chi connectivity index (χ3v) is 6.77. The van der Waals surface area contributed by atoms with Crippen molar-refractivity contribution in [3.63, 3.8) is 0 Å². The van der Waals surface area contributed by atoms with E-state index in [1.807, 2.05) is 53.4 Å². The number of likely N-dealkylation sites (tertiary alicyclic amines) is 1. The normalized spacial score (nSPS) is 17.2. The molecule has 32 heavy (non-hydrogen) atoms. The van der Waals surface area contributed by atoms with Crippen molar-refractivity contribution in [2.75, 3.05) is 20.3 Å². The molecule has 0 bridgehead atoms. The van der Waals surface area contributed by atoms with Crippen LogP contribution in [0, 0.1) is 0 Å². The lowest BCUT2D eigenvalue weighted by Gasteiger charge is -2.29. The molecule has 2 aliphatic rings. The summed E-state index contributed by atoms with van der Waals surface area (Å²) in [4.78, 5) is 29.4. The number of aryl methyl sites for hydroxylation is 1. The summed E-state index contributed by atoms with van der Waals surface area (Å²) in [5, 5.41) is 0.591. The number of aromatic nitrogens is 1. The Morgan fingerprint density at radius 2 is 1.91 bits per heavy atom. The van der Waals surface area contributed by atoms with Gasteiger partial charge in [-0.05, 0) is 48.6 Å². The molecule has 1 atom stereocenters. The molecule has 0 N–H and O–H groups in total. The number of carbonyl (C=O) groups is 1. The van der Waals surface area contributed by atoms with Crippen molar-refractivity contribution in [3.05, 3.63) is 81.1 Å². The van der Waals surface area contributed by atoms with E-state index in [0.717, 1.165) is 36.0 Å². The topological polar surface area (TPSA) is 51.5 Å². The van der Waals surface area contributed by atoms with Crippen LogP contribution in [0.3, 0.4) is 0 Å². The second kappa shape index (κ2) is 8.57. The predicted octanol–water partition coefficient (Wildman–Crippen LogP) is 4.64. The maximum absolute atomic E-state index is 13.9. The largest absolute Gasteiger partial charge is 0.383 e. The molecule has 2 aliphatic heterocycles. The lowest BCUT2D eigenvalue weighted by atomic mass is 9.92. The van der Waals surface area contributed by atoms with Gasteiger partial charge in [-0.1, -0.05) is 48.0 Å². The summed E-state index contributed by atoms with van der Waals surface area (Å²) < 4.78 is 7.13. The number of fused-ring (bicyclic) bond motifs is 3. The molecule has 0 radical (unpaired) electrons. The number of pyridine rings is 1. The van der Waals surface area contributed by atoms with Crippen LogP contribution >= 0.6 is 11.6 Å². The fourth-order valence-electron chi connectivity index (χ4n) is 5.00. The first-order valence-electron chi connectivity index (χ1n) is 11.0. The van der Waals surface area contributed by atoms with Crippen molar-refractivity contribution in [1.82, 2.24) is 9.47 Å². The molecule has 0 spiro atoms. The summed E-state index contributed by atoms with van der Waals surface area (Å²) in [6.07, 6.45) is 2.59. The van der Waals surface area contributed by atoms with Gasteiger partial charge in [0.05, 0.1) is 23.9 Å². The molecular weight excluding hydrogens is 424 g/mol. The van der Waals surface area contributed by atoms with E-state index in [1.54, 1.807) is 17.7 Å². The molecule has 0 aliphatic carbocycles. The third kappa shape index (κ3) is 3.55. The fraction of sp³-hybridized carbons (Fsp3) is 0.308. The van der Waals surface area contributed by atoms with Crippen molar-refractivity contribution in [1.29, 1.82) is 0 Å². The first kappa shape index (κ1) is 21.0. The summed E-state index contributed by atoms with van der Waals surface area (Å²) in [6, 6.07) is 17.1. The van der Waals surface area contributed by atoms with Crippen molar-refractivity contribution in [3.8, 4) is 22.4 Å². The van der Waals surface area contributed by atoms with Gasteiger partial charge in [-0.3, -0.25) is 9.59 Å². The predicted molar refractivity (Wildman–Crippen MR) is 126 cm³/mol. The van der Waals surface area contributed by atoms with E-state index in [9.17, 15) is 9.59 Å². The minimum atomic E-state index is -0.0803. The Bertz CT molecular complexity index is 1240. The molecule has 3 heterocycles. The quantitative estimate of drug-likeness (QED) is 0.584. The molecule has 5 nitrogen and oxygen atoms in total. The zero-order valence-electron chi connectivity index (χ0n) is 18.0. The summed E-state index contributed by atoms with van der Waals surface area (Å²) in [5.74, 6) is -0.0571. The highest BCUT2D eigenvalue weighted by atomic mass is 35.5. The second-order valence-corrected chi connectivity index (χ2v) is 8.88. The van der Waals surface area contributed by atoms with Crippen LogP contribution in [0.5, 0.6) is 0 Å². The van der Waals surface area contributed by atoms with Crippen molar-refractivity contribution in [2.24, 2.45) is 0 Å². The van der Waals surface area contributed by atoms with Gasteiger partial charge in [0, 0.05) is 36.3 Å². The van der Waals surface area contributed by atoms with E-state index in [1.165, 1.54) is 0 Å². The summed E-state index contributed by atoms with van der Waals surface area (Å²) in [7, 11) is 1.66. The second-order valence-electron chi connectivity index (χ2n) is 8.44. The highest BCUT2D eigenvalue weighted by Crippen LogP contribution is 2.36. The van der Waals surface area contributed by atoms with E-state index >= 15 is 0 Å². The third-order valence-electron chi connectivity index (χ3n) is 6.53. The van der Waals surface area contributed by atoms with Crippen LogP contribution in [0.15, 0.2) is 59.4 Å². The molecule has 3 aromatic rings. The molecule has 164 valence electrons. The minimum Gasteiger partial charge on any atom is -0.383 e. The van der Waals surface area contributed by atoms with Crippen LogP contribution in [0.1, 0.15) is 28.8 Å². The average molecular weight is 449 g/mol. The lowest BCUT2D eigenvalue weighted by Crippen LogP contribution is -2.40. The molecule has 2 aromatic carbocycles. The number of benzene rings is 2. The van der Waals surface area contributed by atoms with E-state index in [0.29, 0.717) is 41.5 Å². The monoisotopic (exact) mass is 448 g/mol. The highest BCUT2D eigenvalue weighted by molar-refractivity contribution is 6.31. The number of carbonyl (C=O) groups excluding carboxylic acids is 1. The molecule has 1 fully saturated rings. The van der Waals surface area contributed by atoms with Gasteiger partial charge in [0.15, 0.2) is 0 Å².